The van der Waals surface area contributed by atoms with Crippen LogP contribution in [-0.4, -0.2) is 36.5 Å². The number of aliphatic hydroxyl groups is 1. The van der Waals surface area contributed by atoms with Gasteiger partial charge in [-0.1, -0.05) is 12.1 Å². The molecule has 3 aromatic rings. The van der Waals surface area contributed by atoms with Crippen LogP contribution in [0.2, 0.25) is 0 Å². The molecule has 3 rings (SSSR count). The van der Waals surface area contributed by atoms with Crippen molar-refractivity contribution in [2.45, 2.75) is 6.42 Å². The number of nitrogens with one attached hydrogen (secondary N) is 1. The average Bonchev–Trinajstić information content (AvgIpc) is 3.21. The van der Waals surface area contributed by atoms with Gasteiger partial charge in [-0.25, -0.2) is 4.98 Å². The lowest BCUT2D eigenvalue weighted by Crippen LogP contribution is -1.99. The molecule has 0 atom stereocenters. The number of H-pyrrole nitrogens is 1. The van der Waals surface area contributed by atoms with Crippen molar-refractivity contribution in [1.82, 2.24) is 25.6 Å². The Balaban J connectivity index is 1.72. The molecule has 0 saturated heterocycles. The number of carbonyl (C=O) groups excluding carboxylic acids is 1. The average molecular weight is 328 g/mol. The van der Waals surface area contributed by atoms with Gasteiger partial charge in [0.05, 0.1) is 5.01 Å². The lowest BCUT2D eigenvalue weighted by molar-refractivity contribution is 0.104. The zero-order valence-electron chi connectivity index (χ0n) is 11.8. The minimum atomic E-state index is -0.424. The molecule has 23 heavy (non-hydrogen) atoms. The summed E-state index contributed by atoms with van der Waals surface area (Å²) < 4.78 is 0. The van der Waals surface area contributed by atoms with E-state index in [1.165, 1.54) is 11.3 Å². The Kier molecular flexibility index (Phi) is 4.11. The molecule has 0 aliphatic rings. The zero-order chi connectivity index (χ0) is 16.2. The molecule has 2 heterocycles. The van der Waals surface area contributed by atoms with Crippen LogP contribution in [0.1, 0.15) is 26.9 Å². The van der Waals surface area contributed by atoms with Crippen molar-refractivity contribution in [3.8, 4) is 0 Å². The normalized spacial score (nSPS) is 11.6. The van der Waals surface area contributed by atoms with Crippen LogP contribution in [0.3, 0.4) is 0 Å². The van der Waals surface area contributed by atoms with Crippen LogP contribution in [0.15, 0.2) is 35.7 Å². The van der Waals surface area contributed by atoms with Gasteiger partial charge < -0.3 is 10.8 Å². The molecule has 0 aliphatic carbocycles. The van der Waals surface area contributed by atoms with Crippen LogP contribution < -0.4 is 5.73 Å². The van der Waals surface area contributed by atoms with Crippen molar-refractivity contribution < 1.29 is 9.90 Å². The van der Waals surface area contributed by atoms with Gasteiger partial charge in [0.25, 0.3) is 0 Å². The van der Waals surface area contributed by atoms with Crippen LogP contribution in [0.5, 0.6) is 0 Å². The smallest absolute Gasteiger partial charge is 0.239 e. The first-order valence-electron chi connectivity index (χ1n) is 6.59. The molecule has 8 nitrogen and oxygen atoms in total. The van der Waals surface area contributed by atoms with Crippen molar-refractivity contribution in [3.05, 3.63) is 57.8 Å². The van der Waals surface area contributed by atoms with E-state index in [9.17, 15) is 9.90 Å². The van der Waals surface area contributed by atoms with E-state index in [-0.39, 0.29) is 17.3 Å². The first-order valence-corrected chi connectivity index (χ1v) is 7.47. The van der Waals surface area contributed by atoms with E-state index in [1.54, 1.807) is 5.38 Å². The second-order valence-electron chi connectivity index (χ2n) is 4.67. The second-order valence-corrected chi connectivity index (χ2v) is 5.62. The molecule has 0 amide bonds. The molecule has 0 radical (unpaired) electrons. The number of thiazole rings is 1. The Morgan fingerprint density at radius 1 is 1.35 bits per heavy atom. The highest BCUT2D eigenvalue weighted by molar-refractivity contribution is 7.09. The molecule has 0 spiro atoms. The van der Waals surface area contributed by atoms with Crippen LogP contribution in [0.25, 0.3) is 5.76 Å². The molecule has 4 N–H and O–H groups in total. The number of ketones is 1. The molecular formula is C14H12N6O2S. The summed E-state index contributed by atoms with van der Waals surface area (Å²) in [5.74, 6) is -0.834. The van der Waals surface area contributed by atoms with E-state index >= 15 is 0 Å². The number of nitrogens with two attached hydrogens (primary N) is 1. The van der Waals surface area contributed by atoms with E-state index in [1.807, 2.05) is 24.3 Å². The molecule has 0 unspecified atom stereocenters. The number of aliphatic hydroxyl groups excluding tert-OH is 1. The summed E-state index contributed by atoms with van der Waals surface area (Å²) in [7, 11) is 0. The summed E-state index contributed by atoms with van der Waals surface area (Å²) in [6.45, 7) is 0. The van der Waals surface area contributed by atoms with Gasteiger partial charge in [-0.05, 0) is 22.9 Å². The molecule has 9 heteroatoms. The van der Waals surface area contributed by atoms with Crippen molar-refractivity contribution in [1.29, 1.82) is 0 Å². The van der Waals surface area contributed by atoms with Gasteiger partial charge >= 0.3 is 0 Å². The zero-order valence-corrected chi connectivity index (χ0v) is 12.6. The molecule has 0 bridgehead atoms. The van der Waals surface area contributed by atoms with E-state index < -0.39 is 5.78 Å². The van der Waals surface area contributed by atoms with Gasteiger partial charge in [-0.2, -0.15) is 5.21 Å². The number of carbonyl (C=O) groups is 1. The maximum atomic E-state index is 12.1. The predicted octanol–water partition coefficient (Wildman–Crippen LogP) is 1.61. The van der Waals surface area contributed by atoms with Gasteiger partial charge in [-0.15, -0.1) is 21.5 Å². The molecular weight excluding hydrogens is 316 g/mol. The minimum absolute atomic E-state index is 0.0457. The molecule has 2 aromatic heterocycles. The van der Waals surface area contributed by atoms with Gasteiger partial charge in [0.1, 0.15) is 5.69 Å². The number of nitrogen functional groups attached to an aromatic ring is 1. The topological polar surface area (TPSA) is 131 Å². The number of aromatic amines is 1. The number of nitrogens with zero attached hydrogens (tertiary/aromatic N) is 4. The fraction of sp³-hybridized carbons (Fsp3) is 0.0714. The Hall–Kier alpha value is -3.07. The SMILES string of the molecule is Nc1ccc(Cc2nc(C(=O)C=C(O)c3nn[nH]n3)cs2)cc1. The molecule has 116 valence electrons. The van der Waals surface area contributed by atoms with Crippen LogP contribution in [0, 0.1) is 0 Å². The maximum Gasteiger partial charge on any atom is 0.239 e. The standard InChI is InChI=1S/C14H12N6O2S/c15-9-3-1-8(2-4-9)5-13-16-10(7-23-13)11(21)6-12(22)14-17-19-20-18-14/h1-4,6-7,22H,5,15H2,(H,17,18,19,20). The number of allylic oxidation sites excluding steroid dienone is 1. The number of tetrazole rings is 1. The summed E-state index contributed by atoms with van der Waals surface area (Å²) in [5.41, 5.74) is 7.66. The van der Waals surface area contributed by atoms with E-state index in [2.05, 4.69) is 25.6 Å². The number of hydrogen-bond acceptors (Lipinski definition) is 8. The highest BCUT2D eigenvalue weighted by atomic mass is 32.1. The highest BCUT2D eigenvalue weighted by Gasteiger charge is 2.13. The molecule has 0 fully saturated rings. The number of aromatic nitrogens is 5. The van der Waals surface area contributed by atoms with Gasteiger partial charge in [0.2, 0.25) is 11.6 Å². The third-order valence-electron chi connectivity index (χ3n) is 2.98. The largest absolute Gasteiger partial charge is 0.504 e. The Bertz CT molecular complexity index is 839. The Labute approximate surface area is 134 Å². The highest BCUT2D eigenvalue weighted by Crippen LogP contribution is 2.17. The lowest BCUT2D eigenvalue weighted by Gasteiger charge is -1.98. The quantitative estimate of drug-likeness (QED) is 0.281. The van der Waals surface area contributed by atoms with E-state index in [4.69, 9.17) is 5.73 Å². The summed E-state index contributed by atoms with van der Waals surface area (Å²) in [5, 5.41) is 24.8. The van der Waals surface area contributed by atoms with Gasteiger partial charge in [0, 0.05) is 23.6 Å². The van der Waals surface area contributed by atoms with Crippen molar-refractivity contribution in [2.75, 3.05) is 5.73 Å². The van der Waals surface area contributed by atoms with Crippen LogP contribution in [-0.2, 0) is 6.42 Å². The van der Waals surface area contributed by atoms with Crippen LogP contribution in [0.4, 0.5) is 5.69 Å². The minimum Gasteiger partial charge on any atom is -0.504 e. The summed E-state index contributed by atoms with van der Waals surface area (Å²) >= 11 is 1.38. The second kappa shape index (κ2) is 6.36. The third-order valence-corrected chi connectivity index (χ3v) is 3.83. The first-order chi connectivity index (χ1) is 11.1. The third kappa shape index (κ3) is 3.58. The number of hydrogen-bond donors (Lipinski definition) is 3. The Morgan fingerprint density at radius 3 is 2.83 bits per heavy atom. The molecule has 0 aliphatic heterocycles. The monoisotopic (exact) mass is 328 g/mol. The summed E-state index contributed by atoms with van der Waals surface area (Å²) in [4.78, 5) is 16.3. The van der Waals surface area contributed by atoms with Crippen molar-refractivity contribution >= 4 is 28.6 Å². The predicted molar refractivity (Wildman–Crippen MR) is 84.9 cm³/mol. The number of benzene rings is 1. The maximum absolute atomic E-state index is 12.1. The molecule has 0 saturated carbocycles. The van der Waals surface area contributed by atoms with Gasteiger partial charge in [-0.3, -0.25) is 4.79 Å². The van der Waals surface area contributed by atoms with Gasteiger partial charge in [0.15, 0.2) is 5.76 Å². The first kappa shape index (κ1) is 14.9. The summed E-state index contributed by atoms with van der Waals surface area (Å²) in [6, 6.07) is 7.47. The van der Waals surface area contributed by atoms with E-state index in [0.29, 0.717) is 12.1 Å². The fourth-order valence-corrected chi connectivity index (χ4v) is 2.67. The summed E-state index contributed by atoms with van der Waals surface area (Å²) in [6.07, 6.45) is 1.63. The van der Waals surface area contributed by atoms with Crippen LogP contribution >= 0.6 is 11.3 Å². The number of anilines is 1. The molecule has 1 aromatic carbocycles. The van der Waals surface area contributed by atoms with E-state index in [0.717, 1.165) is 16.6 Å². The Morgan fingerprint density at radius 2 is 2.13 bits per heavy atom. The van der Waals surface area contributed by atoms with Crippen molar-refractivity contribution in [2.24, 2.45) is 0 Å². The van der Waals surface area contributed by atoms with Crippen molar-refractivity contribution in [3.63, 3.8) is 0 Å². The lowest BCUT2D eigenvalue weighted by atomic mass is 10.1. The number of rotatable bonds is 5. The fourth-order valence-electron chi connectivity index (χ4n) is 1.85.